The minimum Gasteiger partial charge on any atom is -0.505 e. The summed E-state index contributed by atoms with van der Waals surface area (Å²) < 4.78 is 11.2. The molecule has 7 heteroatoms. The number of fused-ring (bicyclic) bond motifs is 1. The molecule has 134 valence electrons. The normalized spacial score (nSPS) is 17.7. The van der Waals surface area contributed by atoms with Crippen LogP contribution in [0.2, 0.25) is 0 Å². The molecule has 1 unspecified atom stereocenters. The summed E-state index contributed by atoms with van der Waals surface area (Å²) in [4.78, 5) is 28.2. The fourth-order valence-electron chi connectivity index (χ4n) is 2.63. The van der Waals surface area contributed by atoms with Gasteiger partial charge in [0, 0.05) is 6.61 Å². The van der Waals surface area contributed by atoms with Crippen molar-refractivity contribution in [1.29, 1.82) is 0 Å². The van der Waals surface area contributed by atoms with Crippen molar-refractivity contribution < 1.29 is 29.3 Å². The number of Topliss-reactive ketones (excluding diaryl/α,β-unsaturated/α-hetero) is 1. The average molecular weight is 355 g/mol. The van der Waals surface area contributed by atoms with Crippen LogP contribution in [-0.2, 0) is 4.74 Å². The van der Waals surface area contributed by atoms with Crippen molar-refractivity contribution in [3.8, 4) is 11.5 Å². The van der Waals surface area contributed by atoms with E-state index in [2.05, 4.69) is 4.99 Å². The predicted molar refractivity (Wildman–Crippen MR) is 93.7 cm³/mol. The maximum atomic E-state index is 12.9. The van der Waals surface area contributed by atoms with Gasteiger partial charge in [-0.25, -0.2) is 9.79 Å². The number of carbonyl (C=O) groups is 2. The van der Waals surface area contributed by atoms with E-state index in [9.17, 15) is 14.7 Å². The second kappa shape index (κ2) is 6.97. The molecule has 0 spiro atoms. The van der Waals surface area contributed by atoms with Gasteiger partial charge in [-0.3, -0.25) is 4.79 Å². The Bertz CT molecular complexity index is 918. The van der Waals surface area contributed by atoms with E-state index in [0.717, 1.165) is 5.56 Å². The lowest BCUT2D eigenvalue weighted by atomic mass is 10.00. The van der Waals surface area contributed by atoms with Gasteiger partial charge in [-0.1, -0.05) is 17.7 Å². The van der Waals surface area contributed by atoms with E-state index in [-0.39, 0.29) is 23.6 Å². The summed E-state index contributed by atoms with van der Waals surface area (Å²) in [5.41, 5.74) is 0.819. The van der Waals surface area contributed by atoms with E-state index >= 15 is 0 Å². The van der Waals surface area contributed by atoms with Crippen molar-refractivity contribution in [3.05, 3.63) is 53.1 Å². The van der Waals surface area contributed by atoms with E-state index in [1.807, 2.05) is 13.0 Å². The summed E-state index contributed by atoms with van der Waals surface area (Å²) in [6.07, 6.45) is -1.05. The van der Waals surface area contributed by atoms with Crippen LogP contribution >= 0.6 is 0 Å². The molecule has 0 fully saturated rings. The standard InChI is InChI=1S/C19H17NO6/c1-3-25-19-15(17(22)12-9-10(2)7-8-14(12)26-19)20-13-6-4-5-11(16(13)21)18(23)24/h4-9,19,21H,3H2,1-2H3,(H,23,24). The van der Waals surface area contributed by atoms with Gasteiger partial charge in [-0.15, -0.1) is 0 Å². The average Bonchev–Trinajstić information content (AvgIpc) is 2.60. The molecule has 0 aliphatic carbocycles. The van der Waals surface area contributed by atoms with Gasteiger partial charge in [-0.05, 0) is 38.1 Å². The zero-order chi connectivity index (χ0) is 18.8. The number of carboxylic acids is 1. The lowest BCUT2D eigenvalue weighted by Crippen LogP contribution is -2.40. The molecule has 0 amide bonds. The topological polar surface area (TPSA) is 105 Å². The highest BCUT2D eigenvalue weighted by Gasteiger charge is 2.34. The molecule has 1 atom stereocenters. The number of benzene rings is 2. The number of ketones is 1. The Morgan fingerprint density at radius 1 is 1.31 bits per heavy atom. The molecule has 26 heavy (non-hydrogen) atoms. The minimum absolute atomic E-state index is 0.0438. The van der Waals surface area contributed by atoms with Crippen LogP contribution in [0.1, 0.15) is 33.2 Å². The van der Waals surface area contributed by atoms with E-state index in [1.54, 1.807) is 19.1 Å². The number of aromatic carboxylic acids is 1. The molecule has 7 nitrogen and oxygen atoms in total. The highest BCUT2D eigenvalue weighted by atomic mass is 16.7. The summed E-state index contributed by atoms with van der Waals surface area (Å²) >= 11 is 0. The number of hydrogen-bond donors (Lipinski definition) is 2. The third-order valence-electron chi connectivity index (χ3n) is 3.87. The Labute approximate surface area is 149 Å². The molecule has 0 saturated carbocycles. The second-order valence-electron chi connectivity index (χ2n) is 5.71. The Kier molecular flexibility index (Phi) is 4.73. The largest absolute Gasteiger partial charge is 0.505 e. The van der Waals surface area contributed by atoms with Gasteiger partial charge in [0.1, 0.15) is 17.0 Å². The van der Waals surface area contributed by atoms with Gasteiger partial charge < -0.3 is 19.7 Å². The zero-order valence-corrected chi connectivity index (χ0v) is 14.2. The number of aromatic hydroxyl groups is 1. The number of para-hydroxylation sites is 1. The number of carboxylic acid groups (broad SMARTS) is 1. The maximum absolute atomic E-state index is 12.9. The highest BCUT2D eigenvalue weighted by molar-refractivity contribution is 6.49. The van der Waals surface area contributed by atoms with Crippen LogP contribution in [0, 0.1) is 6.92 Å². The molecule has 1 aliphatic heterocycles. The predicted octanol–water partition coefficient (Wildman–Crippen LogP) is 3.11. The van der Waals surface area contributed by atoms with Crippen LogP contribution in [0.15, 0.2) is 41.4 Å². The van der Waals surface area contributed by atoms with Gasteiger partial charge in [0.15, 0.2) is 11.5 Å². The lowest BCUT2D eigenvalue weighted by Gasteiger charge is -2.26. The Morgan fingerprint density at radius 2 is 2.08 bits per heavy atom. The molecule has 2 N–H and O–H groups in total. The van der Waals surface area contributed by atoms with Crippen molar-refractivity contribution in [2.45, 2.75) is 20.1 Å². The summed E-state index contributed by atoms with van der Waals surface area (Å²) in [6, 6.07) is 9.29. The number of aryl methyl sites for hydroxylation is 1. The zero-order valence-electron chi connectivity index (χ0n) is 14.2. The first-order valence-corrected chi connectivity index (χ1v) is 7.99. The van der Waals surface area contributed by atoms with Crippen molar-refractivity contribution in [2.24, 2.45) is 4.99 Å². The monoisotopic (exact) mass is 355 g/mol. The van der Waals surface area contributed by atoms with Gasteiger partial charge >= 0.3 is 5.97 Å². The van der Waals surface area contributed by atoms with Crippen molar-refractivity contribution in [3.63, 3.8) is 0 Å². The molecule has 0 bridgehead atoms. The molecule has 2 aromatic carbocycles. The summed E-state index contributed by atoms with van der Waals surface area (Å²) in [7, 11) is 0. The Balaban J connectivity index is 2.12. The first-order valence-electron chi connectivity index (χ1n) is 7.99. The smallest absolute Gasteiger partial charge is 0.339 e. The number of carbonyl (C=O) groups excluding carboxylic acids is 1. The molecule has 0 saturated heterocycles. The van der Waals surface area contributed by atoms with Gasteiger partial charge in [-0.2, -0.15) is 0 Å². The number of rotatable bonds is 4. The first kappa shape index (κ1) is 17.6. The molecule has 1 heterocycles. The van der Waals surface area contributed by atoms with Crippen molar-refractivity contribution in [2.75, 3.05) is 6.61 Å². The minimum atomic E-state index is -1.29. The van der Waals surface area contributed by atoms with E-state index in [4.69, 9.17) is 14.6 Å². The highest BCUT2D eigenvalue weighted by Crippen LogP contribution is 2.33. The summed E-state index contributed by atoms with van der Waals surface area (Å²) in [5.74, 6) is -1.82. The molecular formula is C19H17NO6. The number of ether oxygens (including phenoxy) is 2. The van der Waals surface area contributed by atoms with Gasteiger partial charge in [0.25, 0.3) is 0 Å². The van der Waals surface area contributed by atoms with Crippen LogP contribution in [0.5, 0.6) is 11.5 Å². The van der Waals surface area contributed by atoms with Crippen molar-refractivity contribution >= 4 is 23.2 Å². The maximum Gasteiger partial charge on any atom is 0.339 e. The molecule has 2 aromatic rings. The number of aliphatic imine (C=N–C) groups is 1. The van der Waals surface area contributed by atoms with Crippen LogP contribution in [-0.4, -0.2) is 40.6 Å². The molecule has 3 rings (SSSR count). The quantitative estimate of drug-likeness (QED) is 0.873. The lowest BCUT2D eigenvalue weighted by molar-refractivity contribution is -0.0285. The third kappa shape index (κ3) is 3.16. The van der Waals surface area contributed by atoms with Crippen LogP contribution in [0.4, 0.5) is 5.69 Å². The molecule has 0 radical (unpaired) electrons. The Morgan fingerprint density at radius 3 is 2.77 bits per heavy atom. The molecule has 0 aromatic heterocycles. The fourth-order valence-corrected chi connectivity index (χ4v) is 2.63. The fraction of sp³-hybridized carbons (Fsp3) is 0.211. The summed E-state index contributed by atoms with van der Waals surface area (Å²) in [5, 5.41) is 19.3. The van der Waals surface area contributed by atoms with Crippen LogP contribution in [0.25, 0.3) is 0 Å². The summed E-state index contributed by atoms with van der Waals surface area (Å²) in [6.45, 7) is 3.87. The van der Waals surface area contributed by atoms with Crippen molar-refractivity contribution in [1.82, 2.24) is 0 Å². The number of nitrogens with zero attached hydrogens (tertiary/aromatic N) is 1. The van der Waals surface area contributed by atoms with Crippen LogP contribution < -0.4 is 4.74 Å². The number of hydrogen-bond acceptors (Lipinski definition) is 6. The Hall–Kier alpha value is -3.19. The number of phenols is 1. The van der Waals surface area contributed by atoms with E-state index in [0.29, 0.717) is 11.3 Å². The first-order chi connectivity index (χ1) is 12.4. The molecular weight excluding hydrogens is 338 g/mol. The van der Waals surface area contributed by atoms with E-state index < -0.39 is 23.8 Å². The SMILES string of the molecule is CCOC1Oc2ccc(C)cc2C(=O)C1=Nc1cccc(C(=O)O)c1O. The van der Waals surface area contributed by atoms with Gasteiger partial charge in [0.05, 0.1) is 5.56 Å². The van der Waals surface area contributed by atoms with Crippen LogP contribution in [0.3, 0.4) is 0 Å². The van der Waals surface area contributed by atoms with E-state index in [1.165, 1.54) is 18.2 Å². The second-order valence-corrected chi connectivity index (χ2v) is 5.71. The molecule has 1 aliphatic rings. The van der Waals surface area contributed by atoms with Gasteiger partial charge in [0.2, 0.25) is 12.1 Å². The third-order valence-corrected chi connectivity index (χ3v) is 3.87.